The molecule has 150 valence electrons. The zero-order chi connectivity index (χ0) is 20.9. The first-order valence-corrected chi connectivity index (χ1v) is 10.4. The highest BCUT2D eigenvalue weighted by Crippen LogP contribution is 2.33. The number of methoxy groups -OCH3 is 1. The van der Waals surface area contributed by atoms with Crippen LogP contribution >= 0.6 is 11.8 Å². The normalized spacial score (nSPS) is 10.8. The number of hydrogen-bond acceptors (Lipinski definition) is 6. The third kappa shape index (κ3) is 3.97. The van der Waals surface area contributed by atoms with Gasteiger partial charge in [0.15, 0.2) is 11.0 Å². The lowest BCUT2D eigenvalue weighted by Crippen LogP contribution is -2.06. The molecule has 0 radical (unpaired) electrons. The summed E-state index contributed by atoms with van der Waals surface area (Å²) in [6, 6.07) is 20.1. The Hall–Kier alpha value is -3.45. The highest BCUT2D eigenvalue weighted by molar-refractivity contribution is 7.99. The maximum Gasteiger partial charge on any atom is 0.316 e. The predicted octanol–water partition coefficient (Wildman–Crippen LogP) is 4.61. The highest BCUT2D eigenvalue weighted by Gasteiger charge is 2.18. The van der Waals surface area contributed by atoms with Crippen LogP contribution in [0.5, 0.6) is 0 Å². The van der Waals surface area contributed by atoms with Crippen LogP contribution in [-0.2, 0) is 16.1 Å². The van der Waals surface area contributed by atoms with Crippen molar-refractivity contribution in [2.24, 2.45) is 0 Å². The van der Waals surface area contributed by atoms with Crippen molar-refractivity contribution in [3.8, 4) is 22.6 Å². The number of hydrogen-bond donors (Lipinski definition) is 0. The summed E-state index contributed by atoms with van der Waals surface area (Å²) in [5.74, 6) is 0.562. The summed E-state index contributed by atoms with van der Waals surface area (Å²) in [5.41, 5.74) is 3.70. The molecule has 0 aliphatic heterocycles. The van der Waals surface area contributed by atoms with Crippen molar-refractivity contribution in [3.05, 3.63) is 73.3 Å². The first-order valence-electron chi connectivity index (χ1n) is 9.40. The van der Waals surface area contributed by atoms with Crippen molar-refractivity contribution < 1.29 is 9.53 Å². The van der Waals surface area contributed by atoms with Crippen molar-refractivity contribution in [2.75, 3.05) is 12.9 Å². The first kappa shape index (κ1) is 19.8. The Bertz CT molecular complexity index is 1200. The smallest absolute Gasteiger partial charge is 0.316 e. The van der Waals surface area contributed by atoms with Crippen LogP contribution in [0.15, 0.2) is 78.5 Å². The third-order valence-corrected chi connectivity index (χ3v) is 5.54. The summed E-state index contributed by atoms with van der Waals surface area (Å²) in [6.45, 7) is 4.38. The summed E-state index contributed by atoms with van der Waals surface area (Å²) in [7, 11) is 1.37. The number of nitrogens with zero attached hydrogens (tertiary/aromatic N) is 4. The van der Waals surface area contributed by atoms with E-state index in [0.717, 1.165) is 27.7 Å². The fourth-order valence-electron chi connectivity index (χ4n) is 3.19. The molecule has 0 atom stereocenters. The van der Waals surface area contributed by atoms with Crippen LogP contribution < -0.4 is 0 Å². The SMILES string of the molecule is C=CCn1c(SCC(=O)OC)nnc1-c1cc(-c2ccccc2)nc2ccccc12. The molecule has 2 heterocycles. The molecular formula is C23H20N4O2S. The van der Waals surface area contributed by atoms with E-state index >= 15 is 0 Å². The number of para-hydroxylation sites is 1. The van der Waals surface area contributed by atoms with Crippen LogP contribution in [0.4, 0.5) is 0 Å². The summed E-state index contributed by atoms with van der Waals surface area (Å²) in [5, 5.41) is 10.4. The quantitative estimate of drug-likeness (QED) is 0.249. The number of rotatable bonds is 7. The lowest BCUT2D eigenvalue weighted by Gasteiger charge is -2.12. The first-order chi connectivity index (χ1) is 14.7. The molecule has 0 N–H and O–H groups in total. The average Bonchev–Trinajstić information content (AvgIpc) is 3.19. The number of fused-ring (bicyclic) bond motifs is 1. The minimum absolute atomic E-state index is 0.165. The number of pyridine rings is 1. The minimum Gasteiger partial charge on any atom is -0.468 e. The fourth-order valence-corrected chi connectivity index (χ4v) is 3.97. The fraction of sp³-hybridized carbons (Fsp3) is 0.130. The van der Waals surface area contributed by atoms with Crippen LogP contribution in [-0.4, -0.2) is 38.6 Å². The standard InChI is InChI=1S/C23H20N4O2S/c1-3-13-27-22(25-26-23(27)30-15-21(28)29-2)18-14-20(16-9-5-4-6-10-16)24-19-12-8-7-11-17(18)19/h3-12,14H,1,13,15H2,2H3. The van der Waals surface area contributed by atoms with Gasteiger partial charge in [-0.05, 0) is 12.1 Å². The lowest BCUT2D eigenvalue weighted by molar-refractivity contribution is -0.137. The number of allylic oxidation sites excluding steroid dienone is 1. The molecule has 0 aliphatic rings. The Morgan fingerprint density at radius 2 is 1.90 bits per heavy atom. The number of ether oxygens (including phenoxy) is 1. The Labute approximate surface area is 178 Å². The molecule has 0 amide bonds. The zero-order valence-corrected chi connectivity index (χ0v) is 17.3. The number of aromatic nitrogens is 4. The van der Waals surface area contributed by atoms with Gasteiger partial charge in [-0.3, -0.25) is 9.36 Å². The molecule has 0 saturated heterocycles. The van der Waals surface area contributed by atoms with Crippen molar-refractivity contribution >= 4 is 28.6 Å². The number of carbonyl (C=O) groups excluding carboxylic acids is 1. The molecule has 2 aromatic heterocycles. The van der Waals surface area contributed by atoms with E-state index in [2.05, 4.69) is 16.8 Å². The molecule has 0 aliphatic carbocycles. The molecule has 7 heteroatoms. The predicted molar refractivity (Wildman–Crippen MR) is 119 cm³/mol. The Kier molecular flexibility index (Phi) is 5.90. The van der Waals surface area contributed by atoms with Gasteiger partial charge in [-0.25, -0.2) is 4.98 Å². The van der Waals surface area contributed by atoms with Crippen LogP contribution in [0.1, 0.15) is 0 Å². The van der Waals surface area contributed by atoms with Crippen molar-refractivity contribution in [1.82, 2.24) is 19.7 Å². The van der Waals surface area contributed by atoms with E-state index < -0.39 is 0 Å². The second-order valence-corrected chi connectivity index (χ2v) is 7.45. The lowest BCUT2D eigenvalue weighted by atomic mass is 10.0. The van der Waals surface area contributed by atoms with Crippen molar-refractivity contribution in [1.29, 1.82) is 0 Å². The van der Waals surface area contributed by atoms with E-state index in [4.69, 9.17) is 9.72 Å². The van der Waals surface area contributed by atoms with Gasteiger partial charge in [0.2, 0.25) is 0 Å². The molecule has 0 fully saturated rings. The summed E-state index contributed by atoms with van der Waals surface area (Å²) in [6.07, 6.45) is 1.79. The summed E-state index contributed by atoms with van der Waals surface area (Å²) >= 11 is 1.29. The monoisotopic (exact) mass is 416 g/mol. The number of benzene rings is 2. The number of esters is 1. The molecule has 2 aromatic carbocycles. The van der Waals surface area contributed by atoms with E-state index in [9.17, 15) is 4.79 Å². The van der Waals surface area contributed by atoms with Gasteiger partial charge in [0.25, 0.3) is 0 Å². The van der Waals surface area contributed by atoms with Gasteiger partial charge in [0.05, 0.1) is 24.1 Å². The highest BCUT2D eigenvalue weighted by atomic mass is 32.2. The molecule has 0 spiro atoms. The Morgan fingerprint density at radius 3 is 2.67 bits per heavy atom. The van der Waals surface area contributed by atoms with Gasteiger partial charge >= 0.3 is 5.97 Å². The van der Waals surface area contributed by atoms with Gasteiger partial charge in [-0.15, -0.1) is 16.8 Å². The average molecular weight is 417 g/mol. The van der Waals surface area contributed by atoms with E-state index in [0.29, 0.717) is 17.5 Å². The third-order valence-electron chi connectivity index (χ3n) is 4.60. The van der Waals surface area contributed by atoms with E-state index in [-0.39, 0.29) is 11.7 Å². The van der Waals surface area contributed by atoms with Crippen LogP contribution in [0, 0.1) is 0 Å². The molecule has 6 nitrogen and oxygen atoms in total. The van der Waals surface area contributed by atoms with Crippen LogP contribution in [0.25, 0.3) is 33.5 Å². The molecule has 0 saturated carbocycles. The molecule has 4 rings (SSSR count). The van der Waals surface area contributed by atoms with Crippen LogP contribution in [0.2, 0.25) is 0 Å². The zero-order valence-electron chi connectivity index (χ0n) is 16.5. The second-order valence-electron chi connectivity index (χ2n) is 6.51. The maximum atomic E-state index is 11.6. The van der Waals surface area contributed by atoms with E-state index in [1.807, 2.05) is 65.2 Å². The van der Waals surface area contributed by atoms with Gasteiger partial charge in [0.1, 0.15) is 0 Å². The van der Waals surface area contributed by atoms with Crippen LogP contribution in [0.3, 0.4) is 0 Å². The second kappa shape index (κ2) is 8.92. The Morgan fingerprint density at radius 1 is 1.13 bits per heavy atom. The minimum atomic E-state index is -0.310. The maximum absolute atomic E-state index is 11.6. The summed E-state index contributed by atoms with van der Waals surface area (Å²) in [4.78, 5) is 16.4. The van der Waals surface area contributed by atoms with E-state index in [1.165, 1.54) is 18.9 Å². The van der Waals surface area contributed by atoms with Gasteiger partial charge in [-0.2, -0.15) is 0 Å². The summed E-state index contributed by atoms with van der Waals surface area (Å²) < 4.78 is 6.70. The molecule has 30 heavy (non-hydrogen) atoms. The number of thioether (sulfide) groups is 1. The van der Waals surface area contributed by atoms with Crippen molar-refractivity contribution in [2.45, 2.75) is 11.7 Å². The molecule has 4 aromatic rings. The van der Waals surface area contributed by atoms with Crippen molar-refractivity contribution in [3.63, 3.8) is 0 Å². The number of carbonyl (C=O) groups is 1. The molecular weight excluding hydrogens is 396 g/mol. The van der Waals surface area contributed by atoms with Gasteiger partial charge in [0, 0.05) is 23.1 Å². The van der Waals surface area contributed by atoms with Gasteiger partial charge in [-0.1, -0.05) is 66.4 Å². The molecule has 0 unspecified atom stereocenters. The molecule has 0 bridgehead atoms. The largest absolute Gasteiger partial charge is 0.468 e. The van der Waals surface area contributed by atoms with Gasteiger partial charge < -0.3 is 4.74 Å². The van der Waals surface area contributed by atoms with E-state index in [1.54, 1.807) is 6.08 Å². The Balaban J connectivity index is 1.87. The topological polar surface area (TPSA) is 69.9 Å².